The number of aryl methyl sites for hydroxylation is 2. The van der Waals surface area contributed by atoms with E-state index in [1.54, 1.807) is 40.3 Å². The van der Waals surface area contributed by atoms with Gasteiger partial charge >= 0.3 is 5.69 Å². The molecule has 0 spiro atoms. The zero-order chi connectivity index (χ0) is 19.9. The Balaban J connectivity index is 1.71. The van der Waals surface area contributed by atoms with Crippen LogP contribution in [0.4, 0.5) is 0 Å². The molecule has 0 atom stereocenters. The smallest absolute Gasteiger partial charge is 0.328 e. The van der Waals surface area contributed by atoms with Crippen LogP contribution in [0, 0.1) is 5.41 Å². The van der Waals surface area contributed by atoms with E-state index in [0.29, 0.717) is 38.2 Å². The number of hydrogen-bond donors (Lipinski definition) is 0. The van der Waals surface area contributed by atoms with E-state index in [-0.39, 0.29) is 22.9 Å². The number of amides is 2. The molecule has 1 aliphatic rings. The van der Waals surface area contributed by atoms with Crippen LogP contribution in [-0.4, -0.2) is 56.9 Å². The maximum atomic E-state index is 12.9. The number of aromatic nitrogens is 2. The highest BCUT2D eigenvalue weighted by Gasteiger charge is 2.27. The first-order valence-electron chi connectivity index (χ1n) is 9.31. The molecule has 7 heteroatoms. The van der Waals surface area contributed by atoms with Gasteiger partial charge < -0.3 is 9.80 Å². The Morgan fingerprint density at radius 2 is 1.48 bits per heavy atom. The third kappa shape index (κ3) is 3.77. The molecule has 0 unspecified atom stereocenters. The lowest BCUT2D eigenvalue weighted by Crippen LogP contribution is -2.51. The lowest BCUT2D eigenvalue weighted by Gasteiger charge is -2.36. The van der Waals surface area contributed by atoms with E-state index in [9.17, 15) is 14.4 Å². The van der Waals surface area contributed by atoms with Gasteiger partial charge in [-0.05, 0) is 23.6 Å². The van der Waals surface area contributed by atoms with Gasteiger partial charge in [0.25, 0.3) is 5.91 Å². The summed E-state index contributed by atoms with van der Waals surface area (Å²) in [6.07, 6.45) is 0.514. The van der Waals surface area contributed by atoms with Gasteiger partial charge in [-0.3, -0.25) is 18.7 Å². The normalized spacial score (nSPS) is 15.4. The van der Waals surface area contributed by atoms with Gasteiger partial charge in [0.2, 0.25) is 5.91 Å². The van der Waals surface area contributed by atoms with Crippen molar-refractivity contribution in [3.05, 3.63) is 34.2 Å². The summed E-state index contributed by atoms with van der Waals surface area (Å²) in [6, 6.07) is 5.35. The highest BCUT2D eigenvalue weighted by Crippen LogP contribution is 2.21. The standard InChI is InChI=1S/C20H28N4O3/c1-20(2,3)13-17(25)23-8-10-24(11-9-23)18(26)14-6-7-15-16(12-14)22(5)19(27)21(15)4/h6-7,12H,8-11,13H2,1-5H3. The SMILES string of the molecule is Cn1c(=O)n(C)c2cc(C(=O)N3CCN(C(=O)CC(C)(C)C)CC3)ccc21. The average molecular weight is 372 g/mol. The maximum Gasteiger partial charge on any atom is 0.328 e. The van der Waals surface area contributed by atoms with E-state index >= 15 is 0 Å². The van der Waals surface area contributed by atoms with Crippen molar-refractivity contribution < 1.29 is 9.59 Å². The largest absolute Gasteiger partial charge is 0.339 e. The predicted octanol–water partition coefficient (Wildman–Crippen LogP) is 1.60. The lowest BCUT2D eigenvalue weighted by molar-refractivity contribution is -0.134. The number of imidazole rings is 1. The number of hydrogen-bond acceptors (Lipinski definition) is 3. The first-order chi connectivity index (χ1) is 12.6. The number of nitrogens with zero attached hydrogens (tertiary/aromatic N) is 4. The molecule has 146 valence electrons. The van der Waals surface area contributed by atoms with Gasteiger partial charge in [0.05, 0.1) is 11.0 Å². The van der Waals surface area contributed by atoms with Crippen LogP contribution in [0.2, 0.25) is 0 Å². The Bertz CT molecular complexity index is 941. The van der Waals surface area contributed by atoms with E-state index in [1.165, 1.54) is 0 Å². The van der Waals surface area contributed by atoms with Crippen LogP contribution >= 0.6 is 0 Å². The number of benzene rings is 1. The second kappa shape index (κ2) is 6.87. The molecule has 3 rings (SSSR count). The van der Waals surface area contributed by atoms with Gasteiger partial charge in [-0.25, -0.2) is 4.79 Å². The summed E-state index contributed by atoms with van der Waals surface area (Å²) in [5.74, 6) is 0.0893. The van der Waals surface area contributed by atoms with Crippen molar-refractivity contribution >= 4 is 22.8 Å². The first-order valence-corrected chi connectivity index (χ1v) is 9.31. The molecule has 1 fully saturated rings. The molecule has 0 radical (unpaired) electrons. The second-order valence-electron chi connectivity index (χ2n) is 8.51. The Kier molecular flexibility index (Phi) is 4.88. The molecule has 1 aromatic carbocycles. The average Bonchev–Trinajstić information content (AvgIpc) is 2.84. The number of carbonyl (C=O) groups is 2. The quantitative estimate of drug-likeness (QED) is 0.804. The summed E-state index contributed by atoms with van der Waals surface area (Å²) in [6.45, 7) is 8.34. The molecule has 0 bridgehead atoms. The molecule has 1 saturated heterocycles. The van der Waals surface area contributed by atoms with E-state index in [4.69, 9.17) is 0 Å². The van der Waals surface area contributed by atoms with Crippen LogP contribution in [0.5, 0.6) is 0 Å². The van der Waals surface area contributed by atoms with Crippen molar-refractivity contribution in [3.63, 3.8) is 0 Å². The van der Waals surface area contributed by atoms with Crippen molar-refractivity contribution in [2.24, 2.45) is 19.5 Å². The van der Waals surface area contributed by atoms with Crippen LogP contribution in [0.1, 0.15) is 37.6 Å². The highest BCUT2D eigenvalue weighted by atomic mass is 16.2. The Morgan fingerprint density at radius 1 is 0.926 bits per heavy atom. The zero-order valence-electron chi connectivity index (χ0n) is 16.8. The van der Waals surface area contributed by atoms with E-state index < -0.39 is 0 Å². The fourth-order valence-electron chi connectivity index (χ4n) is 3.55. The molecule has 7 nitrogen and oxygen atoms in total. The minimum absolute atomic E-state index is 0.0366. The number of rotatable bonds is 2. The fourth-order valence-corrected chi connectivity index (χ4v) is 3.55. The number of fused-ring (bicyclic) bond motifs is 1. The van der Waals surface area contributed by atoms with Crippen molar-refractivity contribution in [1.29, 1.82) is 0 Å². The van der Waals surface area contributed by atoms with Gasteiger partial charge in [-0.2, -0.15) is 0 Å². The van der Waals surface area contributed by atoms with E-state index in [1.807, 2.05) is 11.0 Å². The molecule has 0 N–H and O–H groups in total. The van der Waals surface area contributed by atoms with Gasteiger partial charge in [0, 0.05) is 52.3 Å². The summed E-state index contributed by atoms with van der Waals surface area (Å²) < 4.78 is 3.12. The summed E-state index contributed by atoms with van der Waals surface area (Å²) in [5.41, 5.74) is 1.97. The molecule has 1 aliphatic heterocycles. The summed E-state index contributed by atoms with van der Waals surface area (Å²) in [7, 11) is 3.43. The van der Waals surface area contributed by atoms with Gasteiger partial charge in [0.15, 0.2) is 0 Å². The second-order valence-corrected chi connectivity index (χ2v) is 8.51. The molecule has 27 heavy (non-hydrogen) atoms. The molecule has 2 aromatic rings. The third-order valence-electron chi connectivity index (χ3n) is 5.12. The lowest BCUT2D eigenvalue weighted by atomic mass is 9.91. The number of carbonyl (C=O) groups excluding carboxylic acids is 2. The van der Waals surface area contributed by atoms with Crippen LogP contribution < -0.4 is 5.69 Å². The Morgan fingerprint density at radius 3 is 2.07 bits per heavy atom. The van der Waals surface area contributed by atoms with Crippen LogP contribution in [0.15, 0.2) is 23.0 Å². The van der Waals surface area contributed by atoms with Gasteiger partial charge in [0.1, 0.15) is 0 Å². The van der Waals surface area contributed by atoms with Crippen LogP contribution in [0.3, 0.4) is 0 Å². The van der Waals surface area contributed by atoms with Gasteiger partial charge in [-0.15, -0.1) is 0 Å². The monoisotopic (exact) mass is 372 g/mol. The summed E-state index contributed by atoms with van der Waals surface area (Å²) >= 11 is 0. The van der Waals surface area contributed by atoms with Crippen molar-refractivity contribution in [2.75, 3.05) is 26.2 Å². The molecule has 1 aromatic heterocycles. The minimum atomic E-state index is -0.111. The van der Waals surface area contributed by atoms with Crippen LogP contribution in [0.25, 0.3) is 11.0 Å². The highest BCUT2D eigenvalue weighted by molar-refractivity contribution is 5.97. The van der Waals surface area contributed by atoms with Crippen molar-refractivity contribution in [1.82, 2.24) is 18.9 Å². The predicted molar refractivity (Wildman–Crippen MR) is 105 cm³/mol. The molecule has 0 aliphatic carbocycles. The minimum Gasteiger partial charge on any atom is -0.339 e. The molecule has 2 heterocycles. The van der Waals surface area contributed by atoms with Crippen molar-refractivity contribution in [3.8, 4) is 0 Å². The summed E-state index contributed by atoms with van der Waals surface area (Å²) in [5, 5.41) is 0. The van der Waals surface area contributed by atoms with Crippen LogP contribution in [-0.2, 0) is 18.9 Å². The topological polar surface area (TPSA) is 67.6 Å². The fraction of sp³-hybridized carbons (Fsp3) is 0.550. The summed E-state index contributed by atoms with van der Waals surface area (Å²) in [4.78, 5) is 40.9. The number of piperazine rings is 1. The maximum absolute atomic E-state index is 12.9. The Hall–Kier alpha value is -2.57. The Labute approximate surface area is 159 Å². The molecular weight excluding hydrogens is 344 g/mol. The van der Waals surface area contributed by atoms with Crippen molar-refractivity contribution in [2.45, 2.75) is 27.2 Å². The first kappa shape index (κ1) is 19.2. The zero-order valence-corrected chi connectivity index (χ0v) is 16.8. The van der Waals surface area contributed by atoms with E-state index in [0.717, 1.165) is 11.0 Å². The molecule has 0 saturated carbocycles. The van der Waals surface area contributed by atoms with E-state index in [2.05, 4.69) is 20.8 Å². The molecule has 2 amide bonds. The molecular formula is C20H28N4O3. The van der Waals surface area contributed by atoms with Gasteiger partial charge in [-0.1, -0.05) is 20.8 Å². The third-order valence-corrected chi connectivity index (χ3v) is 5.12.